The van der Waals surface area contributed by atoms with Gasteiger partial charge in [-0.05, 0) is 29.7 Å². The quantitative estimate of drug-likeness (QED) is 0.779. The Morgan fingerprint density at radius 2 is 2.15 bits per heavy atom. The maximum absolute atomic E-state index is 9.26. The van der Waals surface area contributed by atoms with Crippen molar-refractivity contribution in [1.82, 2.24) is 14.3 Å². The second-order valence-corrected chi connectivity index (χ2v) is 4.71. The van der Waals surface area contributed by atoms with Crippen molar-refractivity contribution >= 4 is 17.4 Å². The van der Waals surface area contributed by atoms with Crippen LogP contribution in [0.1, 0.15) is 5.56 Å². The van der Waals surface area contributed by atoms with Crippen molar-refractivity contribution in [2.75, 3.05) is 5.73 Å². The van der Waals surface area contributed by atoms with Gasteiger partial charge in [-0.25, -0.2) is 9.36 Å². The lowest BCUT2D eigenvalue weighted by Gasteiger charge is -2.07. The molecule has 0 saturated heterocycles. The molecule has 2 N–H and O–H groups in total. The standard InChI is InChI=1S/C14H9N5S/c15-6-11-10(9-7-18-20-8-9)5-13(19-14(11)16)12-3-1-2-4-17-12/h1-5,7-8H,(H2,16,19). The van der Waals surface area contributed by atoms with Gasteiger partial charge in [0.25, 0.3) is 0 Å². The highest BCUT2D eigenvalue weighted by molar-refractivity contribution is 7.03. The first-order valence-corrected chi connectivity index (χ1v) is 6.65. The van der Waals surface area contributed by atoms with Crippen LogP contribution < -0.4 is 5.73 Å². The summed E-state index contributed by atoms with van der Waals surface area (Å²) in [4.78, 5) is 8.51. The number of rotatable bonds is 2. The summed E-state index contributed by atoms with van der Waals surface area (Å²) >= 11 is 1.32. The second kappa shape index (κ2) is 5.07. The van der Waals surface area contributed by atoms with E-state index in [-0.39, 0.29) is 5.82 Å². The first kappa shape index (κ1) is 12.3. The minimum atomic E-state index is 0.205. The highest BCUT2D eigenvalue weighted by Crippen LogP contribution is 2.30. The molecule has 3 rings (SSSR count). The molecule has 3 aromatic rings. The average molecular weight is 279 g/mol. The van der Waals surface area contributed by atoms with Gasteiger partial charge in [0.15, 0.2) is 0 Å². The van der Waals surface area contributed by atoms with Crippen molar-refractivity contribution in [1.29, 1.82) is 5.26 Å². The van der Waals surface area contributed by atoms with Crippen LogP contribution in [0.2, 0.25) is 0 Å². The van der Waals surface area contributed by atoms with Gasteiger partial charge >= 0.3 is 0 Å². The first-order chi connectivity index (χ1) is 9.79. The number of aromatic nitrogens is 3. The van der Waals surface area contributed by atoms with Gasteiger partial charge in [-0.3, -0.25) is 4.98 Å². The molecular formula is C14H9N5S. The first-order valence-electron chi connectivity index (χ1n) is 5.81. The molecular weight excluding hydrogens is 270 g/mol. The van der Waals surface area contributed by atoms with Gasteiger partial charge in [0, 0.05) is 28.9 Å². The molecule has 3 aromatic heterocycles. The maximum Gasteiger partial charge on any atom is 0.142 e. The summed E-state index contributed by atoms with van der Waals surface area (Å²) < 4.78 is 4.06. The smallest absolute Gasteiger partial charge is 0.142 e. The fourth-order valence-electron chi connectivity index (χ4n) is 1.89. The van der Waals surface area contributed by atoms with Gasteiger partial charge in [-0.15, -0.1) is 0 Å². The Morgan fingerprint density at radius 3 is 2.80 bits per heavy atom. The third-order valence-electron chi connectivity index (χ3n) is 2.83. The molecule has 3 heterocycles. The topological polar surface area (TPSA) is 88.5 Å². The molecule has 0 aliphatic carbocycles. The molecule has 96 valence electrons. The van der Waals surface area contributed by atoms with Crippen molar-refractivity contribution in [3.05, 3.63) is 47.6 Å². The van der Waals surface area contributed by atoms with Crippen LogP contribution in [0.3, 0.4) is 0 Å². The lowest BCUT2D eigenvalue weighted by molar-refractivity contribution is 1.24. The average Bonchev–Trinajstić information content (AvgIpc) is 3.01. The zero-order chi connectivity index (χ0) is 13.9. The van der Waals surface area contributed by atoms with E-state index in [4.69, 9.17) is 5.73 Å². The molecule has 0 radical (unpaired) electrons. The predicted molar refractivity (Wildman–Crippen MR) is 77.7 cm³/mol. The predicted octanol–water partition coefficient (Wildman–Crippen LogP) is 2.72. The summed E-state index contributed by atoms with van der Waals surface area (Å²) in [6, 6.07) is 9.48. The number of hydrogen-bond acceptors (Lipinski definition) is 6. The molecule has 0 aromatic carbocycles. The maximum atomic E-state index is 9.26. The number of hydrogen-bond donors (Lipinski definition) is 1. The van der Waals surface area contributed by atoms with Gasteiger partial charge in [-0.2, -0.15) is 5.26 Å². The molecule has 0 saturated carbocycles. The summed E-state index contributed by atoms with van der Waals surface area (Å²) in [7, 11) is 0. The summed E-state index contributed by atoms with van der Waals surface area (Å²) in [5.74, 6) is 0.205. The monoisotopic (exact) mass is 279 g/mol. The van der Waals surface area contributed by atoms with Crippen LogP contribution >= 0.6 is 11.5 Å². The molecule has 20 heavy (non-hydrogen) atoms. The van der Waals surface area contributed by atoms with E-state index in [9.17, 15) is 5.26 Å². The van der Waals surface area contributed by atoms with Crippen LogP contribution in [0.25, 0.3) is 22.5 Å². The van der Waals surface area contributed by atoms with Crippen molar-refractivity contribution in [2.24, 2.45) is 0 Å². The molecule has 0 bridgehead atoms. The van der Waals surface area contributed by atoms with Crippen LogP contribution in [-0.2, 0) is 0 Å². The van der Waals surface area contributed by atoms with E-state index >= 15 is 0 Å². The molecule has 0 atom stereocenters. The fourth-order valence-corrected chi connectivity index (χ4v) is 2.43. The number of nitrogens with two attached hydrogens (primary N) is 1. The van der Waals surface area contributed by atoms with Crippen LogP contribution in [0.5, 0.6) is 0 Å². The van der Waals surface area contributed by atoms with E-state index in [1.54, 1.807) is 12.4 Å². The molecule has 5 nitrogen and oxygen atoms in total. The third kappa shape index (κ3) is 2.11. The molecule has 0 amide bonds. The Kier molecular flexibility index (Phi) is 3.11. The van der Waals surface area contributed by atoms with Gasteiger partial charge in [-0.1, -0.05) is 6.07 Å². The number of pyridine rings is 2. The largest absolute Gasteiger partial charge is 0.383 e. The minimum absolute atomic E-state index is 0.205. The Morgan fingerprint density at radius 1 is 1.25 bits per heavy atom. The second-order valence-electron chi connectivity index (χ2n) is 4.06. The van der Waals surface area contributed by atoms with Crippen LogP contribution in [0, 0.1) is 11.3 Å². The Bertz CT molecular complexity index is 775. The normalized spacial score (nSPS) is 10.2. The van der Waals surface area contributed by atoms with E-state index in [2.05, 4.69) is 20.4 Å². The molecule has 0 aliphatic rings. The molecule has 0 aliphatic heterocycles. The summed E-state index contributed by atoms with van der Waals surface area (Å²) in [6.07, 6.45) is 3.40. The van der Waals surface area contributed by atoms with Crippen molar-refractivity contribution in [2.45, 2.75) is 0 Å². The van der Waals surface area contributed by atoms with E-state index in [0.717, 1.165) is 11.1 Å². The number of anilines is 1. The Hall–Kier alpha value is -2.78. The lowest BCUT2D eigenvalue weighted by atomic mass is 10.0. The molecule has 0 spiro atoms. The van der Waals surface area contributed by atoms with E-state index in [0.29, 0.717) is 17.0 Å². The van der Waals surface area contributed by atoms with Gasteiger partial charge < -0.3 is 5.73 Å². The lowest BCUT2D eigenvalue weighted by Crippen LogP contribution is -2.00. The fraction of sp³-hybridized carbons (Fsp3) is 0. The molecule has 0 fully saturated rings. The third-order valence-corrected chi connectivity index (χ3v) is 3.42. The van der Waals surface area contributed by atoms with Crippen LogP contribution in [-0.4, -0.2) is 14.3 Å². The number of nitriles is 1. The Labute approximate surface area is 119 Å². The number of nitrogens with zero attached hydrogens (tertiary/aromatic N) is 4. The van der Waals surface area contributed by atoms with Gasteiger partial charge in [0.1, 0.15) is 17.5 Å². The van der Waals surface area contributed by atoms with Crippen molar-refractivity contribution < 1.29 is 0 Å². The summed E-state index contributed by atoms with van der Waals surface area (Å²) in [5, 5.41) is 11.1. The van der Waals surface area contributed by atoms with Gasteiger partial charge in [0.2, 0.25) is 0 Å². The molecule has 6 heteroatoms. The van der Waals surface area contributed by atoms with E-state index in [1.165, 1.54) is 11.5 Å². The van der Waals surface area contributed by atoms with Crippen LogP contribution in [0.15, 0.2) is 42.0 Å². The van der Waals surface area contributed by atoms with E-state index in [1.807, 2.05) is 29.6 Å². The highest BCUT2D eigenvalue weighted by atomic mass is 32.1. The highest BCUT2D eigenvalue weighted by Gasteiger charge is 2.14. The van der Waals surface area contributed by atoms with Crippen LogP contribution in [0.4, 0.5) is 5.82 Å². The van der Waals surface area contributed by atoms with Crippen molar-refractivity contribution in [3.8, 4) is 28.6 Å². The zero-order valence-electron chi connectivity index (χ0n) is 10.3. The SMILES string of the molecule is N#Cc1c(-c2cnsc2)cc(-c2ccccn2)nc1N. The van der Waals surface area contributed by atoms with E-state index < -0.39 is 0 Å². The van der Waals surface area contributed by atoms with Gasteiger partial charge in [0.05, 0.1) is 11.4 Å². The molecule has 0 unspecified atom stereocenters. The number of nitrogen functional groups attached to an aromatic ring is 1. The summed E-state index contributed by atoms with van der Waals surface area (Å²) in [5.41, 5.74) is 9.21. The summed E-state index contributed by atoms with van der Waals surface area (Å²) in [6.45, 7) is 0. The minimum Gasteiger partial charge on any atom is -0.383 e. The van der Waals surface area contributed by atoms with Crippen molar-refractivity contribution in [3.63, 3.8) is 0 Å². The Balaban J connectivity index is 2.24. The zero-order valence-corrected chi connectivity index (χ0v) is 11.1.